The van der Waals surface area contributed by atoms with Crippen LogP contribution in [0.25, 0.3) is 5.65 Å². The van der Waals surface area contributed by atoms with Crippen molar-refractivity contribution >= 4 is 5.65 Å². The second-order valence-corrected chi connectivity index (χ2v) is 2.69. The molecule has 0 saturated heterocycles. The second-order valence-electron chi connectivity index (χ2n) is 2.69. The molecule has 0 radical (unpaired) electrons. The van der Waals surface area contributed by atoms with Crippen LogP contribution in [0.2, 0.25) is 0 Å². The Morgan fingerprint density at radius 2 is 2.23 bits per heavy atom. The van der Waals surface area contributed by atoms with Gasteiger partial charge in [-0.05, 0) is 13.0 Å². The third-order valence-corrected chi connectivity index (χ3v) is 1.81. The van der Waals surface area contributed by atoms with Crippen LogP contribution >= 0.6 is 0 Å². The number of hydrogen-bond donors (Lipinski definition) is 0. The summed E-state index contributed by atoms with van der Waals surface area (Å²) in [5, 5.41) is 0. The van der Waals surface area contributed by atoms with Crippen LogP contribution in [-0.2, 0) is 0 Å². The lowest BCUT2D eigenvalue weighted by atomic mass is 10.5. The van der Waals surface area contributed by atoms with Crippen LogP contribution in [0.1, 0.15) is 17.9 Å². The van der Waals surface area contributed by atoms with Crippen molar-refractivity contribution in [2.45, 2.75) is 13.3 Å². The van der Waals surface area contributed by atoms with Gasteiger partial charge in [-0.25, -0.2) is 18.7 Å². The van der Waals surface area contributed by atoms with Gasteiger partial charge in [0.25, 0.3) is 6.43 Å². The molecular formula is C8H7F2N3. The zero-order valence-corrected chi connectivity index (χ0v) is 6.91. The van der Waals surface area contributed by atoms with Crippen LogP contribution in [0.3, 0.4) is 0 Å². The molecule has 2 rings (SSSR count). The smallest absolute Gasteiger partial charge is 0.281 e. The van der Waals surface area contributed by atoms with E-state index in [0.29, 0.717) is 11.5 Å². The van der Waals surface area contributed by atoms with Gasteiger partial charge in [-0.15, -0.1) is 0 Å². The van der Waals surface area contributed by atoms with E-state index >= 15 is 0 Å². The van der Waals surface area contributed by atoms with E-state index in [2.05, 4.69) is 9.97 Å². The Labute approximate surface area is 73.0 Å². The highest BCUT2D eigenvalue weighted by molar-refractivity contribution is 5.39. The minimum Gasteiger partial charge on any atom is -0.288 e. The first kappa shape index (κ1) is 8.10. The van der Waals surface area contributed by atoms with Gasteiger partial charge in [0.15, 0.2) is 0 Å². The van der Waals surface area contributed by atoms with Crippen molar-refractivity contribution in [3.63, 3.8) is 0 Å². The van der Waals surface area contributed by atoms with Crippen LogP contribution in [0, 0.1) is 6.92 Å². The maximum atomic E-state index is 12.2. The molecule has 68 valence electrons. The van der Waals surface area contributed by atoms with Gasteiger partial charge < -0.3 is 0 Å². The number of halogens is 2. The van der Waals surface area contributed by atoms with Gasteiger partial charge in [0, 0.05) is 12.4 Å². The summed E-state index contributed by atoms with van der Waals surface area (Å²) in [6.07, 6.45) is 0.328. The quantitative estimate of drug-likeness (QED) is 0.676. The Morgan fingerprint density at radius 3 is 2.85 bits per heavy atom. The summed E-state index contributed by atoms with van der Waals surface area (Å²) < 4.78 is 26.0. The van der Waals surface area contributed by atoms with Crippen molar-refractivity contribution in [1.82, 2.24) is 14.4 Å². The molecule has 2 heterocycles. The van der Waals surface area contributed by atoms with E-state index in [1.165, 1.54) is 6.20 Å². The van der Waals surface area contributed by atoms with Crippen molar-refractivity contribution in [3.05, 3.63) is 30.0 Å². The molecular weight excluding hydrogens is 176 g/mol. The predicted octanol–water partition coefficient (Wildman–Crippen LogP) is 1.98. The number of rotatable bonds is 1. The molecule has 0 fully saturated rings. The standard InChI is InChI=1S/C8H7F2N3/c1-5-11-3-2-7-12-6(8(9)10)4-13(5)7/h2-4,8H,1H3. The number of alkyl halides is 2. The molecule has 13 heavy (non-hydrogen) atoms. The molecule has 0 atom stereocenters. The zero-order valence-electron chi connectivity index (χ0n) is 6.91. The van der Waals surface area contributed by atoms with E-state index in [1.54, 1.807) is 23.6 Å². The molecule has 0 spiro atoms. The van der Waals surface area contributed by atoms with Crippen molar-refractivity contribution in [2.24, 2.45) is 0 Å². The van der Waals surface area contributed by atoms with Crippen LogP contribution in [0.15, 0.2) is 18.5 Å². The fourth-order valence-corrected chi connectivity index (χ4v) is 1.17. The molecule has 0 amide bonds. The molecule has 2 aromatic heterocycles. The molecule has 0 saturated carbocycles. The van der Waals surface area contributed by atoms with E-state index in [1.807, 2.05) is 0 Å². The van der Waals surface area contributed by atoms with E-state index in [4.69, 9.17) is 0 Å². The Balaban J connectivity index is 2.68. The third kappa shape index (κ3) is 1.26. The van der Waals surface area contributed by atoms with Gasteiger partial charge in [-0.1, -0.05) is 0 Å². The van der Waals surface area contributed by atoms with Gasteiger partial charge in [-0.3, -0.25) is 4.40 Å². The topological polar surface area (TPSA) is 30.2 Å². The van der Waals surface area contributed by atoms with Gasteiger partial charge in [0.2, 0.25) is 0 Å². The number of hydrogen-bond acceptors (Lipinski definition) is 2. The van der Waals surface area contributed by atoms with E-state index < -0.39 is 6.43 Å². The maximum absolute atomic E-state index is 12.2. The van der Waals surface area contributed by atoms with Crippen molar-refractivity contribution in [2.75, 3.05) is 0 Å². The van der Waals surface area contributed by atoms with Crippen molar-refractivity contribution in [3.8, 4) is 0 Å². The second kappa shape index (κ2) is 2.76. The molecule has 2 aromatic rings. The lowest BCUT2D eigenvalue weighted by Gasteiger charge is -1.94. The fraction of sp³-hybridized carbons (Fsp3) is 0.250. The fourth-order valence-electron chi connectivity index (χ4n) is 1.17. The monoisotopic (exact) mass is 183 g/mol. The maximum Gasteiger partial charge on any atom is 0.281 e. The summed E-state index contributed by atoms with van der Waals surface area (Å²) in [5.41, 5.74) is 0.291. The largest absolute Gasteiger partial charge is 0.288 e. The Hall–Kier alpha value is -1.52. The minimum atomic E-state index is -2.53. The Bertz CT molecular complexity index is 436. The predicted molar refractivity (Wildman–Crippen MR) is 42.7 cm³/mol. The van der Waals surface area contributed by atoms with Crippen LogP contribution in [0.4, 0.5) is 8.78 Å². The molecule has 0 aliphatic rings. The van der Waals surface area contributed by atoms with E-state index in [-0.39, 0.29) is 5.69 Å². The summed E-state index contributed by atoms with van der Waals surface area (Å²) in [5.74, 6) is 0.650. The van der Waals surface area contributed by atoms with Crippen LogP contribution in [0.5, 0.6) is 0 Å². The zero-order chi connectivity index (χ0) is 9.42. The summed E-state index contributed by atoms with van der Waals surface area (Å²) in [6, 6.07) is 1.60. The SMILES string of the molecule is Cc1nccc2nc(C(F)F)cn12. The van der Waals surface area contributed by atoms with Gasteiger partial charge in [0.05, 0.1) is 0 Å². The Morgan fingerprint density at radius 1 is 1.46 bits per heavy atom. The van der Waals surface area contributed by atoms with Crippen LogP contribution in [-0.4, -0.2) is 14.4 Å². The molecule has 0 aliphatic heterocycles. The van der Waals surface area contributed by atoms with E-state index in [0.717, 1.165) is 0 Å². The highest BCUT2D eigenvalue weighted by Gasteiger charge is 2.12. The average Bonchev–Trinajstić information content (AvgIpc) is 2.49. The number of aryl methyl sites for hydroxylation is 1. The van der Waals surface area contributed by atoms with Crippen LogP contribution < -0.4 is 0 Å². The number of fused-ring (bicyclic) bond motifs is 1. The molecule has 5 heteroatoms. The normalized spacial score (nSPS) is 11.4. The molecule has 0 unspecified atom stereocenters. The minimum absolute atomic E-state index is 0.212. The first-order chi connectivity index (χ1) is 6.18. The lowest BCUT2D eigenvalue weighted by Crippen LogP contribution is -1.91. The molecule has 0 aromatic carbocycles. The summed E-state index contributed by atoms with van der Waals surface area (Å²) in [7, 11) is 0. The molecule has 0 N–H and O–H groups in total. The highest BCUT2D eigenvalue weighted by atomic mass is 19.3. The van der Waals surface area contributed by atoms with Gasteiger partial charge >= 0.3 is 0 Å². The number of aromatic nitrogens is 3. The van der Waals surface area contributed by atoms with Crippen molar-refractivity contribution < 1.29 is 8.78 Å². The summed E-state index contributed by atoms with van der Waals surface area (Å²) in [4.78, 5) is 7.70. The molecule has 3 nitrogen and oxygen atoms in total. The van der Waals surface area contributed by atoms with Crippen molar-refractivity contribution in [1.29, 1.82) is 0 Å². The first-order valence-electron chi connectivity index (χ1n) is 3.77. The first-order valence-corrected chi connectivity index (χ1v) is 3.77. The Kier molecular flexibility index (Phi) is 1.72. The highest BCUT2D eigenvalue weighted by Crippen LogP contribution is 2.18. The molecule has 0 bridgehead atoms. The lowest BCUT2D eigenvalue weighted by molar-refractivity contribution is 0.147. The number of imidazole rings is 1. The number of nitrogens with zero attached hydrogens (tertiary/aromatic N) is 3. The third-order valence-electron chi connectivity index (χ3n) is 1.81. The summed E-state index contributed by atoms with van der Waals surface area (Å²) >= 11 is 0. The van der Waals surface area contributed by atoms with E-state index in [9.17, 15) is 8.78 Å². The average molecular weight is 183 g/mol. The molecule has 0 aliphatic carbocycles. The summed E-state index contributed by atoms with van der Waals surface area (Å²) in [6.45, 7) is 1.74. The van der Waals surface area contributed by atoms with Gasteiger partial charge in [-0.2, -0.15) is 0 Å². The van der Waals surface area contributed by atoms with Gasteiger partial charge in [0.1, 0.15) is 17.2 Å².